The first kappa shape index (κ1) is 12.7. The Morgan fingerprint density at radius 3 is 2.89 bits per heavy atom. The summed E-state index contributed by atoms with van der Waals surface area (Å²) in [5.74, 6) is 1.37. The van der Waals surface area contributed by atoms with Gasteiger partial charge < -0.3 is 4.57 Å². The van der Waals surface area contributed by atoms with E-state index in [2.05, 4.69) is 9.55 Å². The summed E-state index contributed by atoms with van der Waals surface area (Å²) >= 11 is 8.18. The Labute approximate surface area is 124 Å². The van der Waals surface area contributed by atoms with Gasteiger partial charge in [-0.1, -0.05) is 0 Å². The van der Waals surface area contributed by atoms with E-state index in [9.17, 15) is 4.39 Å². The minimum atomic E-state index is -0.186. The fourth-order valence-corrected chi connectivity index (χ4v) is 2.81. The van der Waals surface area contributed by atoms with E-state index in [-0.39, 0.29) is 11.2 Å². The Bertz CT molecular complexity index is 605. The molecule has 2 aromatic rings. The molecule has 1 fully saturated rings. The van der Waals surface area contributed by atoms with Gasteiger partial charge in [-0.25, -0.2) is 9.37 Å². The summed E-state index contributed by atoms with van der Waals surface area (Å²) in [5, 5.41) is -0.156. The van der Waals surface area contributed by atoms with Crippen LogP contribution in [0.3, 0.4) is 0 Å². The van der Waals surface area contributed by atoms with Crippen molar-refractivity contribution in [3.63, 3.8) is 0 Å². The van der Waals surface area contributed by atoms with Gasteiger partial charge in [0.25, 0.3) is 0 Å². The van der Waals surface area contributed by atoms with Crippen molar-refractivity contribution < 1.29 is 4.39 Å². The first-order valence-electron chi connectivity index (χ1n) is 6.05. The van der Waals surface area contributed by atoms with Crippen LogP contribution in [0, 0.1) is 15.3 Å². The maximum Gasteiger partial charge on any atom is 0.138 e. The van der Waals surface area contributed by atoms with E-state index in [4.69, 9.17) is 11.6 Å². The number of hydrogen-bond donors (Lipinski definition) is 0. The molecule has 5 heteroatoms. The molecule has 0 aliphatic heterocycles. The molecule has 1 aromatic heterocycles. The highest BCUT2D eigenvalue weighted by Crippen LogP contribution is 2.34. The number of rotatable bonds is 3. The summed E-state index contributed by atoms with van der Waals surface area (Å²) in [6.07, 6.45) is 2.51. The molecule has 0 amide bonds. The van der Waals surface area contributed by atoms with Gasteiger partial charge in [0, 0.05) is 12.6 Å². The van der Waals surface area contributed by atoms with Crippen LogP contribution in [0.1, 0.15) is 31.0 Å². The van der Waals surface area contributed by atoms with E-state index in [0.29, 0.717) is 9.49 Å². The van der Waals surface area contributed by atoms with E-state index in [1.54, 1.807) is 12.1 Å². The number of benzene rings is 1. The highest BCUT2D eigenvalue weighted by molar-refractivity contribution is 14.1. The van der Waals surface area contributed by atoms with E-state index >= 15 is 0 Å². The van der Waals surface area contributed by atoms with Gasteiger partial charge in [-0.15, -0.1) is 11.6 Å². The third-order valence-electron chi connectivity index (χ3n) is 3.31. The number of hydrogen-bond acceptors (Lipinski definition) is 1. The molecule has 1 saturated carbocycles. The lowest BCUT2D eigenvalue weighted by molar-refractivity contribution is 0.602. The first-order chi connectivity index (χ1) is 8.56. The van der Waals surface area contributed by atoms with Crippen LogP contribution in [0.4, 0.5) is 4.39 Å². The maximum absolute atomic E-state index is 13.7. The maximum atomic E-state index is 13.7. The van der Waals surface area contributed by atoms with Gasteiger partial charge >= 0.3 is 0 Å². The first-order valence-corrected chi connectivity index (χ1v) is 7.57. The molecular weight excluding hydrogens is 366 g/mol. The molecule has 2 nitrogen and oxygen atoms in total. The second-order valence-electron chi connectivity index (χ2n) is 4.90. The Morgan fingerprint density at radius 1 is 1.56 bits per heavy atom. The third-order valence-corrected chi connectivity index (χ3v) is 4.34. The number of alkyl halides is 1. The summed E-state index contributed by atoms with van der Waals surface area (Å²) < 4.78 is 16.4. The lowest BCUT2D eigenvalue weighted by Gasteiger charge is -2.09. The monoisotopic (exact) mass is 378 g/mol. The van der Waals surface area contributed by atoms with Crippen molar-refractivity contribution >= 4 is 45.2 Å². The standard InChI is InChI=1S/C13H13ClFIN2/c1-7(14)13-17-11-5-10(16)9(15)4-12(11)18(13)6-8-2-3-8/h4-5,7-8H,2-3,6H2,1H3. The van der Waals surface area contributed by atoms with Crippen LogP contribution in [0.2, 0.25) is 0 Å². The highest BCUT2D eigenvalue weighted by atomic mass is 127. The molecular formula is C13H13ClFIN2. The average Bonchev–Trinajstić information content (AvgIpc) is 3.05. The summed E-state index contributed by atoms with van der Waals surface area (Å²) in [4.78, 5) is 4.55. The predicted octanol–water partition coefficient (Wildman–Crippen LogP) is 4.49. The summed E-state index contributed by atoms with van der Waals surface area (Å²) in [7, 11) is 0. The zero-order valence-corrected chi connectivity index (χ0v) is 12.9. The van der Waals surface area contributed by atoms with Crippen LogP contribution < -0.4 is 0 Å². The van der Waals surface area contributed by atoms with Gasteiger partial charge in [-0.3, -0.25) is 0 Å². The molecule has 1 aromatic carbocycles. The topological polar surface area (TPSA) is 17.8 Å². The quantitative estimate of drug-likeness (QED) is 0.568. The lowest BCUT2D eigenvalue weighted by Crippen LogP contribution is -2.06. The smallest absolute Gasteiger partial charge is 0.138 e. The number of imidazole rings is 1. The third kappa shape index (κ3) is 2.25. The molecule has 1 heterocycles. The molecule has 0 saturated heterocycles. The Morgan fingerprint density at radius 2 is 2.28 bits per heavy atom. The van der Waals surface area contributed by atoms with E-state index in [1.807, 2.05) is 29.5 Å². The largest absolute Gasteiger partial charge is 0.326 e. The van der Waals surface area contributed by atoms with Crippen LogP contribution in [0.25, 0.3) is 11.0 Å². The summed E-state index contributed by atoms with van der Waals surface area (Å²) in [6, 6.07) is 3.37. The molecule has 1 aliphatic rings. The fraction of sp³-hybridized carbons (Fsp3) is 0.462. The van der Waals surface area contributed by atoms with Gasteiger partial charge in [0.1, 0.15) is 11.6 Å². The second kappa shape index (κ2) is 4.63. The molecule has 1 atom stereocenters. The van der Waals surface area contributed by atoms with Crippen molar-refractivity contribution in [1.29, 1.82) is 0 Å². The molecule has 0 bridgehead atoms. The van der Waals surface area contributed by atoms with Crippen molar-refractivity contribution in [1.82, 2.24) is 9.55 Å². The zero-order valence-electron chi connectivity index (χ0n) is 9.96. The zero-order chi connectivity index (χ0) is 12.9. The minimum absolute atomic E-state index is 0.156. The second-order valence-corrected chi connectivity index (χ2v) is 6.71. The number of aromatic nitrogens is 2. The van der Waals surface area contributed by atoms with Crippen LogP contribution in [-0.4, -0.2) is 9.55 Å². The van der Waals surface area contributed by atoms with Crippen LogP contribution in [0.15, 0.2) is 12.1 Å². The molecule has 0 N–H and O–H groups in total. The minimum Gasteiger partial charge on any atom is -0.326 e. The normalized spacial score (nSPS) is 17.3. The van der Waals surface area contributed by atoms with Gasteiger partial charge in [0.2, 0.25) is 0 Å². The van der Waals surface area contributed by atoms with Gasteiger partial charge in [-0.2, -0.15) is 0 Å². The number of nitrogens with zero attached hydrogens (tertiary/aromatic N) is 2. The van der Waals surface area contributed by atoms with Gasteiger partial charge in [-0.05, 0) is 54.3 Å². The number of halogens is 3. The Kier molecular flexibility index (Phi) is 3.26. The Balaban J connectivity index is 2.19. The molecule has 18 heavy (non-hydrogen) atoms. The van der Waals surface area contributed by atoms with Crippen molar-refractivity contribution in [2.75, 3.05) is 0 Å². The molecule has 1 aliphatic carbocycles. The van der Waals surface area contributed by atoms with Gasteiger partial charge in [0.05, 0.1) is 20.0 Å². The van der Waals surface area contributed by atoms with Crippen LogP contribution >= 0.6 is 34.2 Å². The van der Waals surface area contributed by atoms with Crippen LogP contribution in [0.5, 0.6) is 0 Å². The molecule has 0 radical (unpaired) electrons. The van der Waals surface area contributed by atoms with Crippen molar-refractivity contribution in [2.24, 2.45) is 5.92 Å². The van der Waals surface area contributed by atoms with E-state index < -0.39 is 0 Å². The van der Waals surface area contributed by atoms with E-state index in [0.717, 1.165) is 23.4 Å². The molecule has 96 valence electrons. The molecule has 0 spiro atoms. The summed E-state index contributed by atoms with van der Waals surface area (Å²) in [5.41, 5.74) is 1.70. The van der Waals surface area contributed by atoms with Gasteiger partial charge in [0.15, 0.2) is 0 Å². The van der Waals surface area contributed by atoms with E-state index in [1.165, 1.54) is 12.8 Å². The Hall–Kier alpha value is -0.360. The molecule has 1 unspecified atom stereocenters. The lowest BCUT2D eigenvalue weighted by atomic mass is 10.3. The van der Waals surface area contributed by atoms with Crippen molar-refractivity contribution in [2.45, 2.75) is 31.7 Å². The van der Waals surface area contributed by atoms with Crippen molar-refractivity contribution in [3.8, 4) is 0 Å². The fourth-order valence-electron chi connectivity index (χ4n) is 2.19. The van der Waals surface area contributed by atoms with Crippen LogP contribution in [-0.2, 0) is 6.54 Å². The summed E-state index contributed by atoms with van der Waals surface area (Å²) in [6.45, 7) is 2.82. The average molecular weight is 379 g/mol. The SMILES string of the molecule is CC(Cl)c1nc2cc(I)c(F)cc2n1CC1CC1. The molecule has 3 rings (SSSR count). The number of fused-ring (bicyclic) bond motifs is 1. The highest BCUT2D eigenvalue weighted by Gasteiger charge is 2.25. The van der Waals surface area contributed by atoms with Crippen molar-refractivity contribution in [3.05, 3.63) is 27.3 Å². The predicted molar refractivity (Wildman–Crippen MR) is 79.4 cm³/mol.